The monoisotopic (exact) mass is 428 g/mol. The number of aliphatic imine (C=N–C) groups is 1. The quantitative estimate of drug-likeness (QED) is 0.240. The first kappa shape index (κ1) is 19.5. The zero-order valence-electron chi connectivity index (χ0n) is 13.5. The van der Waals surface area contributed by atoms with Crippen molar-refractivity contribution in [3.05, 3.63) is 48.0 Å². The molecule has 6 heteroatoms. The van der Waals surface area contributed by atoms with E-state index < -0.39 is 0 Å². The van der Waals surface area contributed by atoms with Crippen molar-refractivity contribution in [3.63, 3.8) is 0 Å². The molecule has 1 aliphatic heterocycles. The second-order valence-corrected chi connectivity index (χ2v) is 5.29. The van der Waals surface area contributed by atoms with Crippen molar-refractivity contribution in [2.75, 3.05) is 20.1 Å². The van der Waals surface area contributed by atoms with Crippen LogP contribution in [0.1, 0.15) is 24.0 Å². The average molecular weight is 428 g/mol. The molecule has 0 atom stereocenters. The molecule has 2 rings (SSSR count). The number of benzene rings is 1. The van der Waals surface area contributed by atoms with E-state index in [0.29, 0.717) is 13.0 Å². The average Bonchev–Trinajstić information content (AvgIpc) is 2.98. The maximum absolute atomic E-state index is 12.2. The van der Waals surface area contributed by atoms with Gasteiger partial charge >= 0.3 is 0 Å². The normalized spacial score (nSPS) is 13.1. The van der Waals surface area contributed by atoms with Gasteiger partial charge in [0.15, 0.2) is 5.96 Å². The second-order valence-electron chi connectivity index (χ2n) is 5.29. The molecule has 1 amide bonds. The van der Waals surface area contributed by atoms with Crippen molar-refractivity contribution < 1.29 is 4.79 Å². The van der Waals surface area contributed by atoms with E-state index in [-0.39, 0.29) is 29.9 Å². The first-order valence-corrected chi connectivity index (χ1v) is 7.64. The van der Waals surface area contributed by atoms with Crippen LogP contribution in [0.5, 0.6) is 0 Å². The Kier molecular flexibility index (Phi) is 8.68. The van der Waals surface area contributed by atoms with Gasteiger partial charge in [-0.25, -0.2) is 0 Å². The van der Waals surface area contributed by atoms with E-state index in [0.717, 1.165) is 32.0 Å². The summed E-state index contributed by atoms with van der Waals surface area (Å²) in [5.41, 5.74) is 2.53. The van der Waals surface area contributed by atoms with Crippen LogP contribution in [0.4, 0.5) is 0 Å². The number of carbonyl (C=O) groups is 1. The summed E-state index contributed by atoms with van der Waals surface area (Å²) in [5, 5.41) is 6.29. The van der Waals surface area contributed by atoms with Crippen molar-refractivity contribution in [2.24, 2.45) is 4.99 Å². The number of rotatable bonds is 6. The minimum absolute atomic E-state index is 0. The molecule has 5 nitrogen and oxygen atoms in total. The number of halogens is 1. The number of carbonyl (C=O) groups excluding carboxylic acids is 1. The fourth-order valence-corrected chi connectivity index (χ4v) is 2.50. The van der Waals surface area contributed by atoms with Crippen LogP contribution >= 0.6 is 24.0 Å². The Morgan fingerprint density at radius 3 is 2.52 bits per heavy atom. The molecule has 1 aliphatic rings. The van der Waals surface area contributed by atoms with E-state index in [1.807, 2.05) is 17.0 Å². The van der Waals surface area contributed by atoms with Gasteiger partial charge in [-0.05, 0) is 17.5 Å². The topological polar surface area (TPSA) is 56.7 Å². The van der Waals surface area contributed by atoms with Crippen molar-refractivity contribution in [3.8, 4) is 0 Å². The molecule has 0 aromatic heterocycles. The van der Waals surface area contributed by atoms with E-state index in [9.17, 15) is 4.79 Å². The van der Waals surface area contributed by atoms with Crippen molar-refractivity contribution in [1.29, 1.82) is 0 Å². The molecule has 126 valence electrons. The standard InChI is InChI=1S/C17H24N4O.HI/c1-3-10-19-17(18-2)20-11-6-9-16(22)21-12-14-7-4-5-8-15(14)13-21;/h3-5,7-8H,1,6,9-13H2,2H3,(H2,18,19,20);1H. The van der Waals surface area contributed by atoms with Gasteiger partial charge in [0.05, 0.1) is 0 Å². The Bertz CT molecular complexity index is 534. The summed E-state index contributed by atoms with van der Waals surface area (Å²) in [6.07, 6.45) is 3.13. The molecule has 0 bridgehead atoms. The van der Waals surface area contributed by atoms with E-state index in [4.69, 9.17) is 0 Å². The van der Waals surface area contributed by atoms with E-state index in [2.05, 4.69) is 34.3 Å². The van der Waals surface area contributed by atoms with E-state index in [1.54, 1.807) is 13.1 Å². The van der Waals surface area contributed by atoms with Crippen molar-refractivity contribution >= 4 is 35.8 Å². The summed E-state index contributed by atoms with van der Waals surface area (Å²) in [5.74, 6) is 0.952. The van der Waals surface area contributed by atoms with Crippen molar-refractivity contribution in [1.82, 2.24) is 15.5 Å². The van der Waals surface area contributed by atoms with Crippen LogP contribution < -0.4 is 10.6 Å². The van der Waals surface area contributed by atoms with Gasteiger partial charge in [-0.15, -0.1) is 30.6 Å². The molecule has 0 aliphatic carbocycles. The molecule has 1 aromatic rings. The lowest BCUT2D eigenvalue weighted by Gasteiger charge is -2.16. The highest BCUT2D eigenvalue weighted by molar-refractivity contribution is 14.0. The third kappa shape index (κ3) is 5.85. The van der Waals surface area contributed by atoms with Gasteiger partial charge in [-0.2, -0.15) is 0 Å². The van der Waals surface area contributed by atoms with E-state index in [1.165, 1.54) is 11.1 Å². The maximum Gasteiger partial charge on any atom is 0.223 e. The summed E-state index contributed by atoms with van der Waals surface area (Å²) in [6, 6.07) is 8.25. The minimum Gasteiger partial charge on any atom is -0.356 e. The maximum atomic E-state index is 12.2. The van der Waals surface area contributed by atoms with Gasteiger partial charge in [0.2, 0.25) is 5.91 Å². The van der Waals surface area contributed by atoms with Crippen LogP contribution in [-0.4, -0.2) is 36.9 Å². The number of amides is 1. The number of fused-ring (bicyclic) bond motifs is 1. The van der Waals surface area contributed by atoms with Gasteiger partial charge < -0.3 is 15.5 Å². The number of guanidine groups is 1. The third-order valence-corrected chi connectivity index (χ3v) is 3.69. The highest BCUT2D eigenvalue weighted by Crippen LogP contribution is 2.22. The lowest BCUT2D eigenvalue weighted by atomic mass is 10.1. The smallest absolute Gasteiger partial charge is 0.223 e. The molecular formula is C17H25IN4O. The van der Waals surface area contributed by atoms with Crippen LogP contribution in [0, 0.1) is 0 Å². The van der Waals surface area contributed by atoms with Gasteiger partial charge in [-0.3, -0.25) is 9.79 Å². The molecule has 0 saturated heterocycles. The fraction of sp³-hybridized carbons (Fsp3) is 0.412. The Balaban J connectivity index is 0.00000264. The molecule has 0 saturated carbocycles. The third-order valence-electron chi connectivity index (χ3n) is 3.69. The SMILES string of the molecule is C=CCNC(=NC)NCCCC(=O)N1Cc2ccccc2C1.I. The van der Waals surface area contributed by atoms with Crippen LogP contribution in [0.3, 0.4) is 0 Å². The highest BCUT2D eigenvalue weighted by atomic mass is 127. The van der Waals surface area contributed by atoms with Gasteiger partial charge in [-0.1, -0.05) is 30.3 Å². The summed E-state index contributed by atoms with van der Waals surface area (Å²) in [4.78, 5) is 18.3. The van der Waals surface area contributed by atoms with Gasteiger partial charge in [0, 0.05) is 39.6 Å². The number of hydrogen-bond donors (Lipinski definition) is 2. The first-order chi connectivity index (χ1) is 10.7. The van der Waals surface area contributed by atoms with E-state index >= 15 is 0 Å². The number of hydrogen-bond acceptors (Lipinski definition) is 2. The summed E-state index contributed by atoms with van der Waals surface area (Å²) < 4.78 is 0. The first-order valence-electron chi connectivity index (χ1n) is 7.64. The number of nitrogens with zero attached hydrogens (tertiary/aromatic N) is 2. The molecule has 1 aromatic carbocycles. The Hall–Kier alpha value is -1.57. The molecule has 23 heavy (non-hydrogen) atoms. The molecule has 0 fully saturated rings. The Morgan fingerprint density at radius 1 is 1.30 bits per heavy atom. The van der Waals surface area contributed by atoms with Crippen LogP contribution in [0.2, 0.25) is 0 Å². The Labute approximate surface area is 155 Å². The second kappa shape index (κ2) is 10.3. The summed E-state index contributed by atoms with van der Waals surface area (Å²) in [6.45, 7) is 6.53. The van der Waals surface area contributed by atoms with Gasteiger partial charge in [0.1, 0.15) is 0 Å². The van der Waals surface area contributed by atoms with Gasteiger partial charge in [0.25, 0.3) is 0 Å². The molecule has 0 radical (unpaired) electrons. The molecule has 1 heterocycles. The molecule has 0 unspecified atom stereocenters. The molecular weight excluding hydrogens is 403 g/mol. The number of nitrogens with one attached hydrogen (secondary N) is 2. The lowest BCUT2D eigenvalue weighted by Crippen LogP contribution is -2.38. The van der Waals surface area contributed by atoms with Crippen LogP contribution in [0.25, 0.3) is 0 Å². The molecule has 0 spiro atoms. The predicted octanol–water partition coefficient (Wildman–Crippen LogP) is 2.28. The van der Waals surface area contributed by atoms with Crippen LogP contribution in [-0.2, 0) is 17.9 Å². The Morgan fingerprint density at radius 2 is 1.96 bits per heavy atom. The highest BCUT2D eigenvalue weighted by Gasteiger charge is 2.22. The fourth-order valence-electron chi connectivity index (χ4n) is 2.50. The lowest BCUT2D eigenvalue weighted by molar-refractivity contribution is -0.131. The molecule has 2 N–H and O–H groups in total. The zero-order chi connectivity index (χ0) is 15.8. The minimum atomic E-state index is 0. The summed E-state index contributed by atoms with van der Waals surface area (Å²) >= 11 is 0. The largest absolute Gasteiger partial charge is 0.356 e. The van der Waals surface area contributed by atoms with Crippen LogP contribution in [0.15, 0.2) is 41.9 Å². The predicted molar refractivity (Wildman–Crippen MR) is 105 cm³/mol. The summed E-state index contributed by atoms with van der Waals surface area (Å²) in [7, 11) is 1.73. The zero-order valence-corrected chi connectivity index (χ0v) is 15.9. The van der Waals surface area contributed by atoms with Crippen molar-refractivity contribution in [2.45, 2.75) is 25.9 Å².